The summed E-state index contributed by atoms with van der Waals surface area (Å²) in [5, 5.41) is 24.7. The number of hydrogen-bond acceptors (Lipinski definition) is 11. The van der Waals surface area contributed by atoms with Gasteiger partial charge in [0.25, 0.3) is 0 Å². The van der Waals surface area contributed by atoms with Gasteiger partial charge in [-0.2, -0.15) is 24.4 Å². The molecule has 0 aliphatic heterocycles. The smallest absolute Gasteiger partial charge is 0.326 e. The summed E-state index contributed by atoms with van der Waals surface area (Å²) in [6, 6.07) is 7.34. The van der Waals surface area contributed by atoms with Gasteiger partial charge in [-0.05, 0) is 67.4 Å². The fourth-order valence-corrected chi connectivity index (χ4v) is 7.67. The number of aliphatic imine (C=N–C) groups is 2. The van der Waals surface area contributed by atoms with Gasteiger partial charge in [0.2, 0.25) is 29.5 Å². The first kappa shape index (κ1) is 51.2. The molecule has 2 aromatic carbocycles. The highest BCUT2D eigenvalue weighted by Gasteiger charge is 2.33. The molecule has 0 saturated carbocycles. The van der Waals surface area contributed by atoms with Gasteiger partial charge in [-0.1, -0.05) is 36.4 Å². The van der Waals surface area contributed by atoms with E-state index in [9.17, 15) is 33.9 Å². The Hall–Kier alpha value is -6.46. The topological polar surface area (TPSA) is 369 Å². The molecule has 4 rings (SSSR count). The summed E-state index contributed by atoms with van der Waals surface area (Å²) in [4.78, 5) is 96.1. The van der Waals surface area contributed by atoms with Crippen molar-refractivity contribution in [3.8, 4) is 0 Å². The van der Waals surface area contributed by atoms with Crippen molar-refractivity contribution in [2.24, 2.45) is 38.7 Å². The van der Waals surface area contributed by atoms with Crippen LogP contribution in [0.2, 0.25) is 0 Å². The number of thioether (sulfide) groups is 1. The number of aromatic amines is 2. The highest BCUT2D eigenvalue weighted by atomic mass is 32.2. The van der Waals surface area contributed by atoms with E-state index < -0.39 is 71.8 Å². The second-order valence-corrected chi connectivity index (χ2v) is 16.6. The van der Waals surface area contributed by atoms with E-state index in [0.717, 1.165) is 21.8 Å². The predicted octanol–water partition coefficient (Wildman–Crippen LogP) is -0.940. The molecule has 5 amide bonds. The van der Waals surface area contributed by atoms with Crippen molar-refractivity contribution in [3.05, 3.63) is 72.1 Å². The third-order valence-electron chi connectivity index (χ3n) is 10.4. The van der Waals surface area contributed by atoms with E-state index in [2.05, 4.69) is 59.2 Å². The Bertz CT molecular complexity index is 2310. The van der Waals surface area contributed by atoms with Gasteiger partial charge in [0.05, 0.1) is 6.04 Å². The van der Waals surface area contributed by atoms with Crippen LogP contribution >= 0.6 is 24.4 Å². The van der Waals surface area contributed by atoms with Gasteiger partial charge in [0.15, 0.2) is 11.9 Å². The van der Waals surface area contributed by atoms with Gasteiger partial charge < -0.3 is 70.3 Å². The molecule has 4 aromatic rings. The molecule has 0 aliphatic carbocycles. The molecule has 0 saturated heterocycles. The Labute approximate surface area is 385 Å². The third kappa shape index (κ3) is 15.9. The SMILES string of the molecule is CSCC[C@H](NC(=O)[C@H](CS)NC(=O)[C@H](Cc1c[nH]c2ccccc12)NC(=O)[C@H](Cc1c[nH]c2ccccc12)NC(=O)[C@H](CCCN=C(N)N)NC(=O)[C@@H](N)CCCN=C(N)N)C(=O)O. The molecule has 0 fully saturated rings. The summed E-state index contributed by atoms with van der Waals surface area (Å²) in [5.41, 5.74) is 30.9. The number of carbonyl (C=O) groups is 6. The van der Waals surface area contributed by atoms with Crippen LogP contribution in [0.3, 0.4) is 0 Å². The average Bonchev–Trinajstić information content (AvgIpc) is 3.89. The van der Waals surface area contributed by atoms with Gasteiger partial charge in [0.1, 0.15) is 30.2 Å². The number of carbonyl (C=O) groups excluding carboxylic acids is 5. The number of H-pyrrole nitrogens is 2. The minimum absolute atomic E-state index is 0.0509. The zero-order chi connectivity index (χ0) is 47.5. The Morgan fingerprint density at radius 2 is 1.06 bits per heavy atom. The number of guanidine groups is 2. The van der Waals surface area contributed by atoms with Crippen molar-refractivity contribution in [1.29, 1.82) is 0 Å². The Balaban J connectivity index is 1.66. The standard InChI is InChI=1S/C42H60N14O7S2/c1-65-17-14-31(40(62)63)53-39(61)34(22-64)56-38(60)33(19-24-21-51-29-12-5-3-9-26(24)29)55-37(59)32(18-23-20-50-28-11-4-2-8-25(23)28)54-36(58)30(13-7-16-49-42(46)47)52-35(57)27(43)10-6-15-48-41(44)45/h2-5,8-9,11-12,20-21,27,30-34,50-51,64H,6-7,10,13-19,22,43H2,1H3,(H,52,57)(H,53,61)(H,54,58)(H,55,59)(H,56,60)(H,62,63)(H4,44,45,48)(H4,46,47,49)/t27-,30-,31-,32-,33-,34-/m0/s1. The van der Waals surface area contributed by atoms with Crippen LogP contribution in [0.4, 0.5) is 0 Å². The van der Waals surface area contributed by atoms with Crippen LogP contribution < -0.4 is 55.3 Å². The second kappa shape index (κ2) is 25.7. The number of rotatable bonds is 27. The highest BCUT2D eigenvalue weighted by molar-refractivity contribution is 7.98. The molecule has 2 aromatic heterocycles. The van der Waals surface area contributed by atoms with Crippen LogP contribution in [0.15, 0.2) is 70.9 Å². The number of carboxylic acids is 1. The Morgan fingerprint density at radius 1 is 0.631 bits per heavy atom. The normalized spacial score (nSPS) is 13.9. The number of thiol groups is 1. The molecule has 0 radical (unpaired) electrons. The van der Waals surface area contributed by atoms with Gasteiger partial charge in [-0.3, -0.25) is 34.0 Å². The number of nitrogens with two attached hydrogens (primary N) is 5. The van der Waals surface area contributed by atoms with E-state index >= 15 is 0 Å². The molecular weight excluding hydrogens is 877 g/mol. The second-order valence-electron chi connectivity index (χ2n) is 15.2. The number of hydrogen-bond donors (Lipinski definition) is 14. The molecular formula is C42H60N14O7S2. The first-order chi connectivity index (χ1) is 31.1. The van der Waals surface area contributed by atoms with Crippen molar-refractivity contribution in [3.63, 3.8) is 0 Å². The summed E-state index contributed by atoms with van der Waals surface area (Å²) in [6.45, 7) is 0.373. The number of carboxylic acid groups (broad SMARTS) is 1. The zero-order valence-electron chi connectivity index (χ0n) is 36.0. The van der Waals surface area contributed by atoms with Crippen LogP contribution in [0.5, 0.6) is 0 Å². The fourth-order valence-electron chi connectivity index (χ4n) is 6.94. The van der Waals surface area contributed by atoms with Gasteiger partial charge in [-0.15, -0.1) is 0 Å². The van der Waals surface area contributed by atoms with Crippen LogP contribution in [-0.4, -0.2) is 130 Å². The van der Waals surface area contributed by atoms with Crippen LogP contribution in [0.25, 0.3) is 21.8 Å². The molecule has 352 valence electrons. The van der Waals surface area contributed by atoms with E-state index in [1.54, 1.807) is 12.4 Å². The molecule has 0 spiro atoms. The van der Waals surface area contributed by atoms with Crippen molar-refractivity contribution < 1.29 is 33.9 Å². The summed E-state index contributed by atoms with van der Waals surface area (Å²) in [5.74, 6) is -4.90. The molecule has 18 N–H and O–H groups in total. The number of amides is 5. The molecule has 65 heavy (non-hydrogen) atoms. The quantitative estimate of drug-likeness (QED) is 0.0149. The maximum atomic E-state index is 14.7. The number of nitrogens with one attached hydrogen (secondary N) is 7. The maximum Gasteiger partial charge on any atom is 0.326 e. The van der Waals surface area contributed by atoms with Gasteiger partial charge in [0, 0.05) is 65.9 Å². The molecule has 0 unspecified atom stereocenters. The Morgan fingerprint density at radius 3 is 1.54 bits per heavy atom. The lowest BCUT2D eigenvalue weighted by molar-refractivity contribution is -0.142. The van der Waals surface area contributed by atoms with E-state index in [-0.39, 0.29) is 69.3 Å². The molecule has 0 aliphatic rings. The number of nitrogens with zero attached hydrogens (tertiary/aromatic N) is 2. The van der Waals surface area contributed by atoms with Crippen molar-refractivity contribution in [1.82, 2.24) is 36.6 Å². The van der Waals surface area contributed by atoms with Gasteiger partial charge in [-0.25, -0.2) is 4.79 Å². The lowest BCUT2D eigenvalue weighted by Gasteiger charge is -2.27. The van der Waals surface area contributed by atoms with Crippen LogP contribution in [-0.2, 0) is 41.6 Å². The van der Waals surface area contributed by atoms with Crippen molar-refractivity contribution in [2.45, 2.75) is 81.2 Å². The number of aromatic nitrogens is 2. The summed E-state index contributed by atoms with van der Waals surface area (Å²) in [6.07, 6.45) is 6.13. The van der Waals surface area contributed by atoms with E-state index in [1.165, 1.54) is 11.8 Å². The number of para-hydroxylation sites is 2. The lowest BCUT2D eigenvalue weighted by Crippen LogP contribution is -2.60. The number of aliphatic carboxylic acids is 1. The number of benzene rings is 2. The maximum absolute atomic E-state index is 14.7. The van der Waals surface area contributed by atoms with E-state index in [4.69, 9.17) is 28.7 Å². The number of fused-ring (bicyclic) bond motifs is 2. The fraction of sp³-hybridized carbons (Fsp3) is 0.429. The van der Waals surface area contributed by atoms with Crippen molar-refractivity contribution >= 4 is 93.6 Å². The average molecular weight is 937 g/mol. The summed E-state index contributed by atoms with van der Waals surface area (Å²) in [7, 11) is 0. The summed E-state index contributed by atoms with van der Waals surface area (Å²) < 4.78 is 0. The first-order valence-corrected chi connectivity index (χ1v) is 22.9. The van der Waals surface area contributed by atoms with E-state index in [0.29, 0.717) is 23.3 Å². The molecule has 0 bridgehead atoms. The van der Waals surface area contributed by atoms with Crippen LogP contribution in [0, 0.1) is 0 Å². The Kier molecular flexibility index (Phi) is 20.3. The minimum Gasteiger partial charge on any atom is -0.480 e. The lowest BCUT2D eigenvalue weighted by atomic mass is 10.0. The molecule has 21 nitrogen and oxygen atoms in total. The van der Waals surface area contributed by atoms with Crippen molar-refractivity contribution in [2.75, 3.05) is 30.9 Å². The highest BCUT2D eigenvalue weighted by Crippen LogP contribution is 2.21. The van der Waals surface area contributed by atoms with Gasteiger partial charge >= 0.3 is 5.97 Å². The molecule has 6 atom stereocenters. The molecule has 23 heteroatoms. The first-order valence-electron chi connectivity index (χ1n) is 20.9. The third-order valence-corrected chi connectivity index (χ3v) is 11.4. The predicted molar refractivity (Wildman–Crippen MR) is 256 cm³/mol. The monoisotopic (exact) mass is 936 g/mol. The largest absolute Gasteiger partial charge is 0.480 e. The summed E-state index contributed by atoms with van der Waals surface area (Å²) >= 11 is 5.70. The molecule has 2 heterocycles. The minimum atomic E-state index is -1.34. The zero-order valence-corrected chi connectivity index (χ0v) is 37.8. The van der Waals surface area contributed by atoms with E-state index in [1.807, 2.05) is 54.8 Å². The van der Waals surface area contributed by atoms with Crippen LogP contribution in [0.1, 0.15) is 43.2 Å².